The summed E-state index contributed by atoms with van der Waals surface area (Å²) in [5.74, 6) is -0.242. The molecular formula is C15H12O2. The van der Waals surface area contributed by atoms with Crippen LogP contribution in [0.2, 0.25) is 0 Å². The van der Waals surface area contributed by atoms with E-state index in [1.54, 1.807) is 0 Å². The van der Waals surface area contributed by atoms with Crippen LogP contribution >= 0.6 is 0 Å². The number of rotatable bonds is 2. The van der Waals surface area contributed by atoms with Gasteiger partial charge in [-0.3, -0.25) is 0 Å². The predicted octanol–water partition coefficient (Wildman–Crippen LogP) is 1.23. The van der Waals surface area contributed by atoms with Gasteiger partial charge in [0, 0.05) is 0 Å². The number of hydrogen-bond donors (Lipinski definition) is 0. The van der Waals surface area contributed by atoms with Crippen molar-refractivity contribution in [3.05, 3.63) is 45.8 Å². The molecule has 0 aromatic heterocycles. The summed E-state index contributed by atoms with van der Waals surface area (Å²) in [7, 11) is 0. The highest BCUT2D eigenvalue weighted by Crippen LogP contribution is 2.17. The van der Waals surface area contributed by atoms with Crippen molar-refractivity contribution in [1.29, 1.82) is 0 Å². The Morgan fingerprint density at radius 3 is 2.88 bits per heavy atom. The first-order chi connectivity index (χ1) is 8.31. The van der Waals surface area contributed by atoms with E-state index in [4.69, 9.17) is 4.74 Å². The second-order valence-corrected chi connectivity index (χ2v) is 4.02. The molecule has 84 valence electrons. The van der Waals surface area contributed by atoms with E-state index in [9.17, 15) is 4.79 Å². The highest BCUT2D eigenvalue weighted by Gasteiger charge is 2.18. The van der Waals surface area contributed by atoms with E-state index in [0.717, 1.165) is 10.8 Å². The van der Waals surface area contributed by atoms with E-state index >= 15 is 0 Å². The Balaban J connectivity index is 2.11. The number of carbonyl (C=O) groups is 1. The summed E-state index contributed by atoms with van der Waals surface area (Å²) < 4.78 is 5.05. The van der Waals surface area contributed by atoms with E-state index in [-0.39, 0.29) is 5.97 Å². The fourth-order valence-corrected chi connectivity index (χ4v) is 2.29. The topological polar surface area (TPSA) is 26.3 Å². The molecule has 0 radical (unpaired) electrons. The van der Waals surface area contributed by atoms with E-state index in [1.165, 1.54) is 10.8 Å². The summed E-state index contributed by atoms with van der Waals surface area (Å²) >= 11 is 0. The molecule has 1 aromatic carbocycles. The van der Waals surface area contributed by atoms with Gasteiger partial charge in [0.15, 0.2) is 0 Å². The van der Waals surface area contributed by atoms with Gasteiger partial charge in [-0.25, -0.2) is 4.79 Å². The third kappa shape index (κ3) is 1.45. The zero-order chi connectivity index (χ0) is 11.8. The molecule has 3 rings (SSSR count). The van der Waals surface area contributed by atoms with Crippen molar-refractivity contribution >= 4 is 29.8 Å². The van der Waals surface area contributed by atoms with Crippen LogP contribution in [-0.4, -0.2) is 12.6 Å². The predicted molar refractivity (Wildman–Crippen MR) is 68.3 cm³/mol. The summed E-state index contributed by atoms with van der Waals surface area (Å²) in [5, 5.41) is 2.31. The number of fused-ring (bicyclic) bond motifs is 3. The third-order valence-corrected chi connectivity index (χ3v) is 3.06. The van der Waals surface area contributed by atoms with Crippen LogP contribution in [0.4, 0.5) is 0 Å². The lowest BCUT2D eigenvalue weighted by Crippen LogP contribution is -2.28. The van der Waals surface area contributed by atoms with Gasteiger partial charge in [-0.05, 0) is 34.6 Å². The summed E-state index contributed by atoms with van der Waals surface area (Å²) in [5.41, 5.74) is 2.84. The second-order valence-electron chi connectivity index (χ2n) is 4.02. The highest BCUT2D eigenvalue weighted by atomic mass is 16.5. The zero-order valence-electron chi connectivity index (χ0n) is 9.57. The SMILES string of the molecule is CCOC(=O)C1=CC=c2c1ccc1c2=CC=C1. The zero-order valence-corrected chi connectivity index (χ0v) is 9.57. The van der Waals surface area contributed by atoms with Crippen molar-refractivity contribution in [3.63, 3.8) is 0 Å². The molecule has 0 saturated heterocycles. The van der Waals surface area contributed by atoms with Gasteiger partial charge in [-0.15, -0.1) is 0 Å². The molecule has 0 spiro atoms. The molecule has 2 heteroatoms. The number of benzene rings is 1. The van der Waals surface area contributed by atoms with E-state index in [1.807, 2.05) is 37.3 Å². The molecule has 0 unspecified atom stereocenters. The van der Waals surface area contributed by atoms with Gasteiger partial charge in [0.2, 0.25) is 0 Å². The van der Waals surface area contributed by atoms with E-state index < -0.39 is 0 Å². The van der Waals surface area contributed by atoms with Gasteiger partial charge in [-0.2, -0.15) is 0 Å². The maximum Gasteiger partial charge on any atom is 0.338 e. The van der Waals surface area contributed by atoms with Crippen molar-refractivity contribution in [1.82, 2.24) is 0 Å². The Bertz CT molecular complexity index is 676. The van der Waals surface area contributed by atoms with Crippen LogP contribution in [0.1, 0.15) is 18.1 Å². The number of hydrogen-bond acceptors (Lipinski definition) is 2. The quantitative estimate of drug-likeness (QED) is 0.706. The maximum atomic E-state index is 11.8. The molecule has 0 heterocycles. The van der Waals surface area contributed by atoms with Gasteiger partial charge >= 0.3 is 5.97 Å². The van der Waals surface area contributed by atoms with Crippen LogP contribution in [0.5, 0.6) is 0 Å². The molecule has 0 atom stereocenters. The van der Waals surface area contributed by atoms with Crippen molar-refractivity contribution in [2.45, 2.75) is 6.92 Å². The first-order valence-electron chi connectivity index (χ1n) is 5.72. The Labute approximate surface area is 99.2 Å². The minimum Gasteiger partial charge on any atom is -0.462 e. The molecule has 0 saturated carbocycles. The van der Waals surface area contributed by atoms with Crippen LogP contribution in [-0.2, 0) is 9.53 Å². The fourth-order valence-electron chi connectivity index (χ4n) is 2.29. The smallest absolute Gasteiger partial charge is 0.338 e. The minimum absolute atomic E-state index is 0.242. The van der Waals surface area contributed by atoms with E-state index in [2.05, 4.69) is 12.2 Å². The number of esters is 1. The fraction of sp³-hybridized carbons (Fsp3) is 0.133. The number of ether oxygens (including phenoxy) is 1. The Morgan fingerprint density at radius 2 is 2.06 bits per heavy atom. The van der Waals surface area contributed by atoms with Crippen molar-refractivity contribution in [2.24, 2.45) is 0 Å². The molecule has 0 N–H and O–H groups in total. The minimum atomic E-state index is -0.242. The lowest BCUT2D eigenvalue weighted by molar-refractivity contribution is -0.136. The van der Waals surface area contributed by atoms with Crippen LogP contribution in [0.15, 0.2) is 24.3 Å². The first-order valence-corrected chi connectivity index (χ1v) is 5.72. The van der Waals surface area contributed by atoms with Gasteiger partial charge in [0.05, 0.1) is 12.2 Å². The number of carbonyl (C=O) groups excluding carboxylic acids is 1. The monoisotopic (exact) mass is 224 g/mol. The summed E-state index contributed by atoms with van der Waals surface area (Å²) in [6.07, 6.45) is 10.0. The molecular weight excluding hydrogens is 212 g/mol. The molecule has 0 amide bonds. The van der Waals surface area contributed by atoms with Crippen LogP contribution in [0, 0.1) is 0 Å². The van der Waals surface area contributed by atoms with Crippen molar-refractivity contribution in [3.8, 4) is 0 Å². The number of allylic oxidation sites excluding steroid dienone is 2. The highest BCUT2D eigenvalue weighted by molar-refractivity contribution is 6.19. The van der Waals surface area contributed by atoms with Gasteiger partial charge < -0.3 is 4.74 Å². The summed E-state index contributed by atoms with van der Waals surface area (Å²) in [6.45, 7) is 2.22. The molecule has 2 aliphatic rings. The Morgan fingerprint density at radius 1 is 1.18 bits per heavy atom. The van der Waals surface area contributed by atoms with Crippen molar-refractivity contribution in [2.75, 3.05) is 6.61 Å². The van der Waals surface area contributed by atoms with E-state index in [0.29, 0.717) is 12.2 Å². The molecule has 2 nitrogen and oxygen atoms in total. The summed E-state index contributed by atoms with van der Waals surface area (Å²) in [6, 6.07) is 4.03. The molecule has 0 bridgehead atoms. The molecule has 0 fully saturated rings. The summed E-state index contributed by atoms with van der Waals surface area (Å²) in [4.78, 5) is 11.8. The van der Waals surface area contributed by atoms with Gasteiger partial charge in [-0.1, -0.05) is 36.4 Å². The van der Waals surface area contributed by atoms with Crippen molar-refractivity contribution < 1.29 is 9.53 Å². The standard InChI is InChI=1S/C15H12O2/c1-2-17-15(16)14-9-8-12-11-5-3-4-10(11)6-7-13(12)14/h3-9H,2H2,1H3. The average molecular weight is 224 g/mol. The van der Waals surface area contributed by atoms with Crippen LogP contribution in [0.3, 0.4) is 0 Å². The Hall–Kier alpha value is -2.09. The normalized spacial score (nSPS) is 14.5. The molecule has 1 aromatic rings. The second kappa shape index (κ2) is 3.74. The molecule has 17 heavy (non-hydrogen) atoms. The van der Waals surface area contributed by atoms with Gasteiger partial charge in [0.25, 0.3) is 0 Å². The third-order valence-electron chi connectivity index (χ3n) is 3.06. The lowest BCUT2D eigenvalue weighted by atomic mass is 10.0. The van der Waals surface area contributed by atoms with Crippen LogP contribution in [0.25, 0.3) is 23.8 Å². The molecule has 2 aliphatic carbocycles. The largest absolute Gasteiger partial charge is 0.462 e. The molecule has 0 aliphatic heterocycles. The lowest BCUT2D eigenvalue weighted by Gasteiger charge is -2.05. The average Bonchev–Trinajstić information content (AvgIpc) is 2.94. The van der Waals surface area contributed by atoms with Crippen LogP contribution < -0.4 is 10.4 Å². The van der Waals surface area contributed by atoms with Gasteiger partial charge in [0.1, 0.15) is 0 Å². The Kier molecular flexibility index (Phi) is 2.22. The first kappa shape index (κ1) is 10.1. The maximum absolute atomic E-state index is 11.8.